The second kappa shape index (κ2) is 8.88. The van der Waals surface area contributed by atoms with E-state index in [-0.39, 0.29) is 12.3 Å². The summed E-state index contributed by atoms with van der Waals surface area (Å²) in [5.41, 5.74) is 1.33. The zero-order valence-electron chi connectivity index (χ0n) is 15.8. The van der Waals surface area contributed by atoms with E-state index in [2.05, 4.69) is 4.72 Å². The number of anilines is 1. The molecule has 1 amide bonds. The minimum Gasteiger partial charge on any atom is -0.497 e. The van der Waals surface area contributed by atoms with Crippen molar-refractivity contribution in [3.05, 3.63) is 54.1 Å². The maximum Gasteiger partial charge on any atom is 0.228 e. The quantitative estimate of drug-likeness (QED) is 0.745. The van der Waals surface area contributed by atoms with Gasteiger partial charge in [-0.15, -0.1) is 0 Å². The lowest BCUT2D eigenvalue weighted by molar-refractivity contribution is -0.118. The van der Waals surface area contributed by atoms with Crippen molar-refractivity contribution in [1.29, 1.82) is 0 Å². The van der Waals surface area contributed by atoms with Gasteiger partial charge in [-0.3, -0.25) is 4.79 Å². The van der Waals surface area contributed by atoms with Crippen molar-refractivity contribution < 1.29 is 22.7 Å². The van der Waals surface area contributed by atoms with Gasteiger partial charge in [-0.05, 0) is 29.8 Å². The molecular formula is C19H24N2O5S. The van der Waals surface area contributed by atoms with Crippen molar-refractivity contribution in [2.75, 3.05) is 32.4 Å². The number of rotatable bonds is 8. The number of methoxy groups -OCH3 is 2. The summed E-state index contributed by atoms with van der Waals surface area (Å²) in [6, 6.07) is 13.3. The smallest absolute Gasteiger partial charge is 0.228 e. The summed E-state index contributed by atoms with van der Waals surface area (Å²) in [5, 5.41) is 0. The number of hydrogen-bond donors (Lipinski definition) is 1. The van der Waals surface area contributed by atoms with Crippen LogP contribution in [-0.4, -0.2) is 41.8 Å². The van der Waals surface area contributed by atoms with E-state index >= 15 is 0 Å². The lowest BCUT2D eigenvalue weighted by Crippen LogP contribution is -2.34. The number of nitrogens with one attached hydrogen (secondary N) is 1. The van der Waals surface area contributed by atoms with E-state index < -0.39 is 16.1 Å². The SMILES string of the molecule is COc1ccc([C@H](CC(=O)N(C)c2cccc(OC)c2)NS(C)(=O)=O)cc1. The molecule has 27 heavy (non-hydrogen) atoms. The lowest BCUT2D eigenvalue weighted by Gasteiger charge is -2.23. The van der Waals surface area contributed by atoms with Crippen LogP contribution in [0, 0.1) is 0 Å². The Hall–Kier alpha value is -2.58. The van der Waals surface area contributed by atoms with E-state index in [1.165, 1.54) is 4.90 Å². The molecule has 1 atom stereocenters. The lowest BCUT2D eigenvalue weighted by atomic mass is 10.0. The van der Waals surface area contributed by atoms with Gasteiger partial charge in [0.05, 0.1) is 26.5 Å². The summed E-state index contributed by atoms with van der Waals surface area (Å²) in [7, 11) is 1.24. The van der Waals surface area contributed by atoms with Crippen LogP contribution in [0.1, 0.15) is 18.0 Å². The summed E-state index contributed by atoms with van der Waals surface area (Å²) in [6.07, 6.45) is 1.03. The van der Waals surface area contributed by atoms with Crippen LogP contribution < -0.4 is 19.1 Å². The van der Waals surface area contributed by atoms with Crippen LogP contribution in [0.15, 0.2) is 48.5 Å². The fourth-order valence-corrected chi connectivity index (χ4v) is 3.33. The molecule has 0 saturated heterocycles. The first-order valence-electron chi connectivity index (χ1n) is 8.25. The molecule has 0 unspecified atom stereocenters. The van der Waals surface area contributed by atoms with Gasteiger partial charge in [-0.2, -0.15) is 0 Å². The molecule has 0 aliphatic carbocycles. The van der Waals surface area contributed by atoms with E-state index in [1.54, 1.807) is 69.8 Å². The van der Waals surface area contributed by atoms with Crippen molar-refractivity contribution >= 4 is 21.6 Å². The molecule has 2 rings (SSSR count). The number of amides is 1. The van der Waals surface area contributed by atoms with Crippen molar-refractivity contribution in [3.8, 4) is 11.5 Å². The molecule has 146 valence electrons. The molecule has 0 aliphatic rings. The summed E-state index contributed by atoms with van der Waals surface area (Å²) in [6.45, 7) is 0. The van der Waals surface area contributed by atoms with Crippen LogP contribution in [0.5, 0.6) is 11.5 Å². The normalized spacial score (nSPS) is 12.3. The van der Waals surface area contributed by atoms with Crippen LogP contribution in [-0.2, 0) is 14.8 Å². The van der Waals surface area contributed by atoms with Crippen molar-refractivity contribution in [2.45, 2.75) is 12.5 Å². The molecular weight excluding hydrogens is 368 g/mol. The molecule has 7 nitrogen and oxygen atoms in total. The number of benzene rings is 2. The first kappa shape index (κ1) is 20.7. The fourth-order valence-electron chi connectivity index (χ4n) is 2.60. The average molecular weight is 392 g/mol. The van der Waals surface area contributed by atoms with E-state index in [0.717, 1.165) is 6.26 Å². The maximum absolute atomic E-state index is 12.8. The zero-order chi connectivity index (χ0) is 20.0. The fraction of sp³-hybridized carbons (Fsp3) is 0.316. The van der Waals surface area contributed by atoms with Crippen LogP contribution in [0.4, 0.5) is 5.69 Å². The molecule has 0 spiro atoms. The number of hydrogen-bond acceptors (Lipinski definition) is 5. The molecule has 0 aliphatic heterocycles. The van der Waals surface area contributed by atoms with E-state index in [1.807, 2.05) is 0 Å². The molecule has 0 saturated carbocycles. The van der Waals surface area contributed by atoms with E-state index in [0.29, 0.717) is 22.7 Å². The number of nitrogens with zero attached hydrogens (tertiary/aromatic N) is 1. The highest BCUT2D eigenvalue weighted by atomic mass is 32.2. The molecule has 0 radical (unpaired) electrons. The van der Waals surface area contributed by atoms with Gasteiger partial charge in [0.2, 0.25) is 15.9 Å². The first-order valence-corrected chi connectivity index (χ1v) is 10.1. The highest BCUT2D eigenvalue weighted by Gasteiger charge is 2.22. The Kier molecular flexibility index (Phi) is 6.81. The zero-order valence-corrected chi connectivity index (χ0v) is 16.6. The number of carbonyl (C=O) groups excluding carboxylic acids is 1. The number of sulfonamides is 1. The molecule has 0 fully saturated rings. The van der Waals surface area contributed by atoms with Crippen LogP contribution in [0.2, 0.25) is 0 Å². The Labute approximate surface area is 160 Å². The monoisotopic (exact) mass is 392 g/mol. The highest BCUT2D eigenvalue weighted by molar-refractivity contribution is 7.88. The molecule has 2 aromatic carbocycles. The summed E-state index contributed by atoms with van der Waals surface area (Å²) < 4.78 is 36.4. The third kappa shape index (κ3) is 5.97. The second-order valence-electron chi connectivity index (χ2n) is 6.07. The van der Waals surface area contributed by atoms with Gasteiger partial charge in [0.1, 0.15) is 11.5 Å². The summed E-state index contributed by atoms with van der Waals surface area (Å²) >= 11 is 0. The van der Waals surface area contributed by atoms with Gasteiger partial charge in [0, 0.05) is 25.2 Å². The number of ether oxygens (including phenoxy) is 2. The van der Waals surface area contributed by atoms with Gasteiger partial charge in [0.25, 0.3) is 0 Å². The van der Waals surface area contributed by atoms with Gasteiger partial charge >= 0.3 is 0 Å². The Balaban J connectivity index is 2.23. The molecule has 0 aromatic heterocycles. The van der Waals surface area contributed by atoms with Crippen LogP contribution in [0.25, 0.3) is 0 Å². The van der Waals surface area contributed by atoms with Gasteiger partial charge < -0.3 is 14.4 Å². The molecule has 8 heteroatoms. The topological polar surface area (TPSA) is 84.9 Å². The van der Waals surface area contributed by atoms with Crippen LogP contribution >= 0.6 is 0 Å². The Morgan fingerprint density at radius 3 is 2.26 bits per heavy atom. The number of carbonyl (C=O) groups is 1. The molecule has 2 aromatic rings. The Bertz CT molecular complexity index is 881. The summed E-state index contributed by atoms with van der Waals surface area (Å²) in [5.74, 6) is 1.05. The minimum atomic E-state index is -3.51. The predicted molar refractivity (Wildman–Crippen MR) is 105 cm³/mol. The standard InChI is InChI=1S/C19H24N2O5S/c1-21(15-6-5-7-17(12-15)26-3)19(22)13-18(20-27(4,23)24)14-8-10-16(25-2)11-9-14/h5-12,18,20H,13H2,1-4H3/t18-/m0/s1. The van der Waals surface area contributed by atoms with Gasteiger partial charge in [0.15, 0.2) is 0 Å². The Morgan fingerprint density at radius 2 is 1.70 bits per heavy atom. The van der Waals surface area contributed by atoms with Crippen LogP contribution in [0.3, 0.4) is 0 Å². The highest BCUT2D eigenvalue weighted by Crippen LogP contribution is 2.25. The second-order valence-corrected chi connectivity index (χ2v) is 7.85. The maximum atomic E-state index is 12.8. The minimum absolute atomic E-state index is 0.0346. The molecule has 0 bridgehead atoms. The third-order valence-corrected chi connectivity index (χ3v) is 4.78. The summed E-state index contributed by atoms with van der Waals surface area (Å²) in [4.78, 5) is 14.2. The van der Waals surface area contributed by atoms with E-state index in [9.17, 15) is 13.2 Å². The first-order chi connectivity index (χ1) is 12.7. The molecule has 0 heterocycles. The van der Waals surface area contributed by atoms with Gasteiger partial charge in [-0.1, -0.05) is 18.2 Å². The third-order valence-electron chi connectivity index (χ3n) is 4.07. The molecule has 1 N–H and O–H groups in total. The average Bonchev–Trinajstić information content (AvgIpc) is 2.65. The van der Waals surface area contributed by atoms with Gasteiger partial charge in [-0.25, -0.2) is 13.1 Å². The van der Waals surface area contributed by atoms with Crippen molar-refractivity contribution in [3.63, 3.8) is 0 Å². The Morgan fingerprint density at radius 1 is 1.07 bits per heavy atom. The predicted octanol–water partition coefficient (Wildman–Crippen LogP) is 2.35. The van der Waals surface area contributed by atoms with Crippen molar-refractivity contribution in [2.24, 2.45) is 0 Å². The van der Waals surface area contributed by atoms with E-state index in [4.69, 9.17) is 9.47 Å². The van der Waals surface area contributed by atoms with Crippen molar-refractivity contribution in [1.82, 2.24) is 4.72 Å². The largest absolute Gasteiger partial charge is 0.497 e.